The van der Waals surface area contributed by atoms with Gasteiger partial charge < -0.3 is 10.1 Å². The summed E-state index contributed by atoms with van der Waals surface area (Å²) < 4.78 is 4.58. The number of nitrogens with zero attached hydrogens (tertiary/aromatic N) is 2. The molecule has 0 aromatic carbocycles. The number of pyridine rings is 1. The Labute approximate surface area is 115 Å². The Morgan fingerprint density at radius 3 is 2.95 bits per heavy atom. The highest BCUT2D eigenvalue weighted by molar-refractivity contribution is 6.01. The van der Waals surface area contributed by atoms with Crippen molar-refractivity contribution in [2.24, 2.45) is 0 Å². The Kier molecular flexibility index (Phi) is 3.97. The average molecular weight is 277 g/mol. The molecule has 2 amide bonds. The van der Waals surface area contributed by atoms with Crippen LogP contribution in [-0.2, 0) is 14.3 Å². The van der Waals surface area contributed by atoms with E-state index in [-0.39, 0.29) is 17.5 Å². The van der Waals surface area contributed by atoms with Gasteiger partial charge >= 0.3 is 5.97 Å². The van der Waals surface area contributed by atoms with Gasteiger partial charge in [0.2, 0.25) is 5.91 Å². The van der Waals surface area contributed by atoms with Crippen LogP contribution in [0.15, 0.2) is 18.3 Å². The largest absolute Gasteiger partial charge is 0.464 e. The first kappa shape index (κ1) is 14.0. The van der Waals surface area contributed by atoms with Crippen molar-refractivity contribution in [3.63, 3.8) is 0 Å². The molecule has 0 spiro atoms. The Morgan fingerprint density at radius 1 is 1.50 bits per heavy atom. The molecule has 7 heteroatoms. The van der Waals surface area contributed by atoms with Gasteiger partial charge in [0, 0.05) is 25.4 Å². The van der Waals surface area contributed by atoms with E-state index in [0.29, 0.717) is 18.5 Å². The van der Waals surface area contributed by atoms with Gasteiger partial charge in [-0.2, -0.15) is 0 Å². The maximum atomic E-state index is 12.0. The highest BCUT2D eigenvalue weighted by Crippen LogP contribution is 2.17. The normalized spacial score (nSPS) is 18.9. The van der Waals surface area contributed by atoms with Crippen molar-refractivity contribution in [1.29, 1.82) is 0 Å². The quantitative estimate of drug-likeness (QED) is 0.636. The standard InChI is InChI=1S/C13H15N3O4/c1-16-11(17)4-3-9(12(16)18)15-8-5-6-14-10(7-8)13(19)20-2/h5-7,9H,3-4H2,1-2H3,(H,14,15). The number of rotatable bonds is 3. The molecule has 2 rings (SSSR count). The molecule has 0 aliphatic carbocycles. The number of carbonyl (C=O) groups is 3. The van der Waals surface area contributed by atoms with E-state index in [1.54, 1.807) is 6.07 Å². The van der Waals surface area contributed by atoms with Gasteiger partial charge in [0.1, 0.15) is 11.7 Å². The van der Waals surface area contributed by atoms with Gasteiger partial charge in [0.15, 0.2) is 0 Å². The van der Waals surface area contributed by atoms with Crippen LogP contribution in [0.2, 0.25) is 0 Å². The molecule has 20 heavy (non-hydrogen) atoms. The minimum absolute atomic E-state index is 0.158. The number of likely N-dealkylation sites (N-methyl/N-ethyl adjacent to an activating group) is 1. The molecule has 7 nitrogen and oxygen atoms in total. The minimum Gasteiger partial charge on any atom is -0.464 e. The van der Waals surface area contributed by atoms with Gasteiger partial charge in [0.25, 0.3) is 5.91 Å². The number of anilines is 1. The molecule has 0 bridgehead atoms. The number of hydrogen-bond donors (Lipinski definition) is 1. The number of carbonyl (C=O) groups excluding carboxylic acids is 3. The lowest BCUT2D eigenvalue weighted by atomic mass is 10.0. The minimum atomic E-state index is -0.545. The second-order valence-corrected chi connectivity index (χ2v) is 4.45. The van der Waals surface area contributed by atoms with Crippen molar-refractivity contribution >= 4 is 23.5 Å². The number of piperidine rings is 1. The van der Waals surface area contributed by atoms with Crippen molar-refractivity contribution in [2.45, 2.75) is 18.9 Å². The van der Waals surface area contributed by atoms with E-state index in [1.165, 1.54) is 26.4 Å². The molecule has 1 fully saturated rings. The molecule has 2 heterocycles. The van der Waals surface area contributed by atoms with Crippen molar-refractivity contribution in [2.75, 3.05) is 19.5 Å². The summed E-state index contributed by atoms with van der Waals surface area (Å²) in [5.41, 5.74) is 0.742. The van der Waals surface area contributed by atoms with Crippen LogP contribution >= 0.6 is 0 Å². The first-order chi connectivity index (χ1) is 9.52. The van der Waals surface area contributed by atoms with Crippen molar-refractivity contribution < 1.29 is 19.1 Å². The number of methoxy groups -OCH3 is 1. The zero-order valence-corrected chi connectivity index (χ0v) is 11.3. The fourth-order valence-electron chi connectivity index (χ4n) is 1.99. The lowest BCUT2D eigenvalue weighted by Gasteiger charge is -2.28. The molecule has 0 saturated carbocycles. The summed E-state index contributed by atoms with van der Waals surface area (Å²) in [5, 5.41) is 3.01. The lowest BCUT2D eigenvalue weighted by Crippen LogP contribution is -2.48. The van der Waals surface area contributed by atoms with Crippen LogP contribution in [0.4, 0.5) is 5.69 Å². The third-order valence-corrected chi connectivity index (χ3v) is 3.15. The van der Waals surface area contributed by atoms with E-state index in [1.807, 2.05) is 0 Å². The maximum absolute atomic E-state index is 12.0. The van der Waals surface area contributed by atoms with Crippen LogP contribution in [0.5, 0.6) is 0 Å². The van der Waals surface area contributed by atoms with E-state index in [4.69, 9.17) is 0 Å². The predicted molar refractivity (Wildman–Crippen MR) is 70.0 cm³/mol. The molecular formula is C13H15N3O4. The Bertz CT molecular complexity index is 558. The van der Waals surface area contributed by atoms with Crippen LogP contribution in [0, 0.1) is 0 Å². The first-order valence-corrected chi connectivity index (χ1v) is 6.14. The number of hydrogen-bond acceptors (Lipinski definition) is 6. The summed E-state index contributed by atoms with van der Waals surface area (Å²) in [6.07, 6.45) is 2.20. The summed E-state index contributed by atoms with van der Waals surface area (Å²) in [7, 11) is 2.74. The Hall–Kier alpha value is -2.44. The molecule has 1 N–H and O–H groups in total. The number of esters is 1. The zero-order chi connectivity index (χ0) is 14.7. The second-order valence-electron chi connectivity index (χ2n) is 4.45. The summed E-state index contributed by atoms with van der Waals surface area (Å²) in [6.45, 7) is 0. The fraction of sp³-hybridized carbons (Fsp3) is 0.385. The van der Waals surface area contributed by atoms with Crippen LogP contribution < -0.4 is 5.32 Å². The van der Waals surface area contributed by atoms with E-state index in [2.05, 4.69) is 15.0 Å². The summed E-state index contributed by atoms with van der Waals surface area (Å²) in [4.78, 5) is 39.7. The Balaban J connectivity index is 2.12. The van der Waals surface area contributed by atoms with Crippen molar-refractivity contribution in [3.8, 4) is 0 Å². The topological polar surface area (TPSA) is 88.6 Å². The van der Waals surface area contributed by atoms with Crippen LogP contribution in [0.1, 0.15) is 23.3 Å². The van der Waals surface area contributed by atoms with Crippen LogP contribution in [-0.4, -0.2) is 47.9 Å². The molecule has 1 aromatic heterocycles. The summed E-state index contributed by atoms with van der Waals surface area (Å²) in [5.74, 6) is -1.01. The highest BCUT2D eigenvalue weighted by Gasteiger charge is 2.31. The molecule has 1 aliphatic heterocycles. The molecule has 1 atom stereocenters. The number of ether oxygens (including phenoxy) is 1. The smallest absolute Gasteiger partial charge is 0.356 e. The second kappa shape index (κ2) is 5.68. The number of aromatic nitrogens is 1. The maximum Gasteiger partial charge on any atom is 0.356 e. The zero-order valence-electron chi connectivity index (χ0n) is 11.3. The molecular weight excluding hydrogens is 262 g/mol. The third-order valence-electron chi connectivity index (χ3n) is 3.15. The van der Waals surface area contributed by atoms with Gasteiger partial charge in [-0.3, -0.25) is 14.5 Å². The Morgan fingerprint density at radius 2 is 2.25 bits per heavy atom. The molecule has 106 valence electrons. The van der Waals surface area contributed by atoms with Gasteiger partial charge in [-0.15, -0.1) is 0 Å². The van der Waals surface area contributed by atoms with Gasteiger partial charge in [-0.25, -0.2) is 9.78 Å². The van der Waals surface area contributed by atoms with Gasteiger partial charge in [-0.05, 0) is 18.6 Å². The predicted octanol–water partition coefficient (Wildman–Crippen LogP) is 0.427. The number of nitrogens with one attached hydrogen (secondary N) is 1. The van der Waals surface area contributed by atoms with E-state index in [9.17, 15) is 14.4 Å². The summed E-state index contributed by atoms with van der Waals surface area (Å²) >= 11 is 0. The fourth-order valence-corrected chi connectivity index (χ4v) is 1.99. The molecule has 1 saturated heterocycles. The van der Waals surface area contributed by atoms with E-state index in [0.717, 1.165) is 4.90 Å². The SMILES string of the molecule is COC(=O)c1cc(NC2CCC(=O)N(C)C2=O)ccn1. The van der Waals surface area contributed by atoms with E-state index >= 15 is 0 Å². The van der Waals surface area contributed by atoms with Crippen LogP contribution in [0.3, 0.4) is 0 Å². The average Bonchev–Trinajstić information content (AvgIpc) is 2.47. The van der Waals surface area contributed by atoms with Crippen molar-refractivity contribution in [1.82, 2.24) is 9.88 Å². The van der Waals surface area contributed by atoms with Crippen molar-refractivity contribution in [3.05, 3.63) is 24.0 Å². The third kappa shape index (κ3) is 2.76. The van der Waals surface area contributed by atoms with Gasteiger partial charge in [-0.1, -0.05) is 0 Å². The van der Waals surface area contributed by atoms with E-state index < -0.39 is 12.0 Å². The molecule has 1 unspecified atom stereocenters. The molecule has 1 aliphatic rings. The highest BCUT2D eigenvalue weighted by atomic mass is 16.5. The number of imide groups is 1. The van der Waals surface area contributed by atoms with Crippen LogP contribution in [0.25, 0.3) is 0 Å². The molecule has 0 radical (unpaired) electrons. The lowest BCUT2D eigenvalue weighted by molar-refractivity contribution is -0.146. The molecule has 1 aromatic rings. The number of amides is 2. The van der Waals surface area contributed by atoms with Gasteiger partial charge in [0.05, 0.1) is 7.11 Å². The monoisotopic (exact) mass is 277 g/mol. The summed E-state index contributed by atoms with van der Waals surface area (Å²) in [6, 6.07) is 2.68. The number of likely N-dealkylation sites (tertiary alicyclic amines) is 1. The first-order valence-electron chi connectivity index (χ1n) is 6.14.